The number of alkyl carbamates (subject to hydrolysis) is 1. The van der Waals surface area contributed by atoms with Crippen LogP contribution in [0.2, 0.25) is 0 Å². The van der Waals surface area contributed by atoms with Crippen molar-refractivity contribution in [1.82, 2.24) is 16.0 Å². The highest BCUT2D eigenvalue weighted by molar-refractivity contribution is 5.90. The van der Waals surface area contributed by atoms with E-state index in [1.54, 1.807) is 6.92 Å². The number of urea groups is 1. The molecule has 0 saturated carbocycles. The van der Waals surface area contributed by atoms with Crippen LogP contribution in [0.25, 0.3) is 0 Å². The highest BCUT2D eigenvalue weighted by atomic mass is 19.1. The molecule has 4 amide bonds. The molecule has 3 atom stereocenters. The molecule has 3 aliphatic heterocycles. The SMILES string of the molecule is CCOC(=O)NC[C@H]1CN(c2cc(F)c(N3CC4NC(=O)NC4C3)c(F)c2)C(=O)O1. The number of carbonyl (C=O) groups excluding carboxylic acids is 3. The minimum absolute atomic E-state index is 0.0133. The molecule has 2 unspecified atom stereocenters. The predicted octanol–water partition coefficient (Wildman–Crippen LogP) is 0.906. The van der Waals surface area contributed by atoms with E-state index in [0.717, 1.165) is 17.0 Å². The molecule has 3 saturated heterocycles. The summed E-state index contributed by atoms with van der Waals surface area (Å²) in [4.78, 5) is 37.4. The zero-order valence-electron chi connectivity index (χ0n) is 16.1. The van der Waals surface area contributed by atoms with Crippen molar-refractivity contribution in [2.24, 2.45) is 0 Å². The first-order valence-electron chi connectivity index (χ1n) is 9.55. The Hall–Kier alpha value is -3.31. The Morgan fingerprint density at radius 1 is 1.20 bits per heavy atom. The summed E-state index contributed by atoms with van der Waals surface area (Å²) in [6, 6.07) is 1.40. The van der Waals surface area contributed by atoms with Crippen LogP contribution in [0.5, 0.6) is 0 Å². The normalized spacial score (nSPS) is 25.0. The molecule has 3 fully saturated rings. The van der Waals surface area contributed by atoms with E-state index in [1.807, 2.05) is 0 Å². The van der Waals surface area contributed by atoms with Crippen LogP contribution in [0.15, 0.2) is 12.1 Å². The van der Waals surface area contributed by atoms with E-state index in [9.17, 15) is 23.2 Å². The molecule has 0 spiro atoms. The molecule has 0 radical (unpaired) electrons. The summed E-state index contributed by atoms with van der Waals surface area (Å²) >= 11 is 0. The molecule has 3 heterocycles. The van der Waals surface area contributed by atoms with Gasteiger partial charge in [-0.25, -0.2) is 23.2 Å². The highest BCUT2D eigenvalue weighted by Crippen LogP contribution is 2.33. The predicted molar refractivity (Wildman–Crippen MR) is 100 cm³/mol. The minimum Gasteiger partial charge on any atom is -0.450 e. The molecule has 1 aromatic rings. The molecule has 3 aliphatic rings. The fourth-order valence-corrected chi connectivity index (χ4v) is 3.89. The Kier molecular flexibility index (Phi) is 5.22. The van der Waals surface area contributed by atoms with Crippen LogP contribution >= 0.6 is 0 Å². The van der Waals surface area contributed by atoms with Crippen LogP contribution in [-0.2, 0) is 9.47 Å². The van der Waals surface area contributed by atoms with Gasteiger partial charge in [-0.15, -0.1) is 0 Å². The Bertz CT molecular complexity index is 846. The third kappa shape index (κ3) is 3.76. The largest absolute Gasteiger partial charge is 0.450 e. The van der Waals surface area contributed by atoms with Crippen molar-refractivity contribution in [2.75, 3.05) is 42.6 Å². The first-order chi connectivity index (χ1) is 14.4. The average molecular weight is 425 g/mol. The van der Waals surface area contributed by atoms with Crippen LogP contribution in [-0.4, -0.2) is 69.2 Å². The summed E-state index contributed by atoms with van der Waals surface area (Å²) in [5.74, 6) is -1.64. The van der Waals surface area contributed by atoms with Gasteiger partial charge < -0.3 is 30.3 Å². The zero-order valence-corrected chi connectivity index (χ0v) is 16.1. The molecule has 3 N–H and O–H groups in total. The van der Waals surface area contributed by atoms with E-state index in [-0.39, 0.29) is 62.3 Å². The van der Waals surface area contributed by atoms with Crippen LogP contribution in [0, 0.1) is 11.6 Å². The number of fused-ring (bicyclic) bond motifs is 1. The van der Waals surface area contributed by atoms with E-state index in [1.165, 1.54) is 4.90 Å². The van der Waals surface area contributed by atoms with Gasteiger partial charge in [0.05, 0.1) is 37.5 Å². The lowest BCUT2D eigenvalue weighted by atomic mass is 10.2. The fraction of sp³-hybridized carbons (Fsp3) is 0.500. The van der Waals surface area contributed by atoms with Gasteiger partial charge in [0.2, 0.25) is 0 Å². The Labute approximate surface area is 170 Å². The van der Waals surface area contributed by atoms with Crippen molar-refractivity contribution in [3.8, 4) is 0 Å². The molecule has 30 heavy (non-hydrogen) atoms. The number of benzene rings is 1. The minimum atomic E-state index is -0.822. The van der Waals surface area contributed by atoms with Gasteiger partial charge in [0.1, 0.15) is 11.8 Å². The number of rotatable bonds is 5. The number of halogens is 2. The summed E-state index contributed by atoms with van der Waals surface area (Å²) in [6.07, 6.45) is -2.09. The van der Waals surface area contributed by atoms with Crippen LogP contribution in [0.3, 0.4) is 0 Å². The number of carbonyl (C=O) groups is 3. The second-order valence-electron chi connectivity index (χ2n) is 7.21. The summed E-state index contributed by atoms with van der Waals surface area (Å²) < 4.78 is 39.5. The number of nitrogens with zero attached hydrogens (tertiary/aromatic N) is 2. The Morgan fingerprint density at radius 2 is 1.83 bits per heavy atom. The molecule has 0 aliphatic carbocycles. The third-order valence-electron chi connectivity index (χ3n) is 5.21. The first kappa shape index (κ1) is 20.0. The lowest BCUT2D eigenvalue weighted by molar-refractivity contribution is 0.127. The molecular weight excluding hydrogens is 404 g/mol. The van der Waals surface area contributed by atoms with Crippen molar-refractivity contribution in [2.45, 2.75) is 25.1 Å². The summed E-state index contributed by atoms with van der Waals surface area (Å²) in [6.45, 7) is 2.43. The maximum absolute atomic E-state index is 14.8. The maximum Gasteiger partial charge on any atom is 0.414 e. The number of nitrogens with one attached hydrogen (secondary N) is 3. The number of hydrogen-bond donors (Lipinski definition) is 3. The topological polar surface area (TPSA) is 112 Å². The Balaban J connectivity index is 1.44. The highest BCUT2D eigenvalue weighted by Gasteiger charge is 2.41. The van der Waals surface area contributed by atoms with Gasteiger partial charge in [0, 0.05) is 25.2 Å². The summed E-state index contributed by atoms with van der Waals surface area (Å²) in [5.41, 5.74) is -0.194. The second-order valence-corrected chi connectivity index (χ2v) is 7.21. The monoisotopic (exact) mass is 425 g/mol. The van der Waals surface area contributed by atoms with Gasteiger partial charge in [-0.3, -0.25) is 4.90 Å². The van der Waals surface area contributed by atoms with Crippen molar-refractivity contribution in [1.29, 1.82) is 0 Å². The van der Waals surface area contributed by atoms with Gasteiger partial charge in [-0.05, 0) is 6.92 Å². The standard InChI is InChI=1S/C18H21F2N5O5/c1-2-29-17(27)21-5-10-6-25(18(28)30-10)9-3-11(19)15(12(20)4-9)24-7-13-14(8-24)23-16(26)22-13/h3-4,10,13-14H,2,5-8H2,1H3,(H,21,27)(H2,22,23,26)/t10-,13?,14?/m0/s1. The molecular formula is C18H21F2N5O5. The van der Waals surface area contributed by atoms with Gasteiger partial charge in [0.15, 0.2) is 11.6 Å². The number of cyclic esters (lactones) is 1. The van der Waals surface area contributed by atoms with Crippen molar-refractivity contribution in [3.63, 3.8) is 0 Å². The molecule has 10 nitrogen and oxygen atoms in total. The van der Waals surface area contributed by atoms with E-state index < -0.39 is 29.9 Å². The van der Waals surface area contributed by atoms with Gasteiger partial charge in [0.25, 0.3) is 0 Å². The average Bonchev–Trinajstić information content (AvgIpc) is 3.32. The lowest BCUT2D eigenvalue weighted by Gasteiger charge is -2.22. The van der Waals surface area contributed by atoms with Gasteiger partial charge in [-0.1, -0.05) is 0 Å². The number of anilines is 2. The van der Waals surface area contributed by atoms with Crippen molar-refractivity contribution < 1.29 is 32.6 Å². The van der Waals surface area contributed by atoms with Crippen molar-refractivity contribution in [3.05, 3.63) is 23.8 Å². The molecule has 4 rings (SSSR count). The third-order valence-corrected chi connectivity index (χ3v) is 5.21. The van der Waals surface area contributed by atoms with E-state index in [2.05, 4.69) is 16.0 Å². The second kappa shape index (κ2) is 7.84. The number of ether oxygens (including phenoxy) is 2. The molecule has 1 aromatic carbocycles. The van der Waals surface area contributed by atoms with E-state index >= 15 is 0 Å². The first-order valence-corrected chi connectivity index (χ1v) is 9.55. The van der Waals surface area contributed by atoms with Crippen molar-refractivity contribution >= 4 is 29.6 Å². The maximum atomic E-state index is 14.8. The zero-order chi connectivity index (χ0) is 21.4. The van der Waals surface area contributed by atoms with Gasteiger partial charge in [-0.2, -0.15) is 0 Å². The van der Waals surface area contributed by atoms with Crippen LogP contribution in [0.4, 0.5) is 34.5 Å². The quantitative estimate of drug-likeness (QED) is 0.647. The van der Waals surface area contributed by atoms with E-state index in [0.29, 0.717) is 0 Å². The summed E-state index contributed by atoms with van der Waals surface area (Å²) in [7, 11) is 0. The fourth-order valence-electron chi connectivity index (χ4n) is 3.89. The molecule has 12 heteroatoms. The van der Waals surface area contributed by atoms with E-state index in [4.69, 9.17) is 9.47 Å². The lowest BCUT2D eigenvalue weighted by Crippen LogP contribution is -2.35. The summed E-state index contributed by atoms with van der Waals surface area (Å²) in [5, 5.41) is 7.86. The molecule has 0 bridgehead atoms. The number of amides is 4. The smallest absolute Gasteiger partial charge is 0.414 e. The molecule has 0 aromatic heterocycles. The van der Waals surface area contributed by atoms with Crippen LogP contribution in [0.1, 0.15) is 6.92 Å². The van der Waals surface area contributed by atoms with Gasteiger partial charge >= 0.3 is 18.2 Å². The Morgan fingerprint density at radius 3 is 2.43 bits per heavy atom. The van der Waals surface area contributed by atoms with Crippen LogP contribution < -0.4 is 25.8 Å². The number of hydrogen-bond acceptors (Lipinski definition) is 6. The molecule has 162 valence electrons.